The van der Waals surface area contributed by atoms with Gasteiger partial charge in [0.25, 0.3) is 0 Å². The second-order valence-electron chi connectivity index (χ2n) is 3.22. The van der Waals surface area contributed by atoms with E-state index in [2.05, 4.69) is 9.88 Å². The van der Waals surface area contributed by atoms with E-state index in [0.29, 0.717) is 5.69 Å². The van der Waals surface area contributed by atoms with Crippen LogP contribution in [-0.2, 0) is 24.2 Å². The summed E-state index contributed by atoms with van der Waals surface area (Å²) in [5.74, 6) is 0. The summed E-state index contributed by atoms with van der Waals surface area (Å²) in [5, 5.41) is 8.53. The van der Waals surface area contributed by atoms with Crippen molar-refractivity contribution in [2.45, 2.75) is 0 Å². The Hall–Kier alpha value is -0.397. The maximum Gasteiger partial charge on any atom is 0.385 e. The summed E-state index contributed by atoms with van der Waals surface area (Å²) in [5.41, 5.74) is 1.74. The number of rotatable bonds is 1. The third-order valence-corrected chi connectivity index (χ3v) is 2.34. The average Bonchev–Trinajstić information content (AvgIpc) is 2.30. The van der Waals surface area contributed by atoms with E-state index >= 15 is 0 Å². The molecule has 1 aromatic carbocycles. The van der Waals surface area contributed by atoms with Gasteiger partial charge in [0, 0.05) is 50.4 Å². The van der Waals surface area contributed by atoms with Crippen LogP contribution in [0.1, 0.15) is 0 Å². The molecule has 1 aliphatic rings. The minimum absolute atomic E-state index is 0. The molecule has 0 amide bonds. The number of hydrogen-bond acceptors (Lipinski definition) is 3. The first-order valence-corrected chi connectivity index (χ1v) is 4.68. The van der Waals surface area contributed by atoms with Crippen LogP contribution in [0.2, 0.25) is 0 Å². The molecule has 0 bridgehead atoms. The van der Waals surface area contributed by atoms with E-state index in [1.807, 2.05) is 12.1 Å². The van der Waals surface area contributed by atoms with Gasteiger partial charge in [-0.1, -0.05) is 0 Å². The van der Waals surface area contributed by atoms with Crippen LogP contribution in [0.25, 0.3) is 4.98 Å². The zero-order valence-corrected chi connectivity index (χ0v) is 13.9. The van der Waals surface area contributed by atoms with E-state index in [1.165, 1.54) is 0 Å². The first kappa shape index (κ1) is 19.0. The fourth-order valence-corrected chi connectivity index (χ4v) is 1.55. The molecule has 0 aliphatic carbocycles. The molecule has 1 aliphatic heterocycles. The quantitative estimate of drug-likeness (QED) is 0.512. The van der Waals surface area contributed by atoms with Crippen molar-refractivity contribution in [3.8, 4) is 0 Å². The predicted octanol–water partition coefficient (Wildman–Crippen LogP) is -0.569. The maximum atomic E-state index is 8.53. The number of nitrogens with zero attached hydrogens (tertiary/aromatic N) is 3. The van der Waals surface area contributed by atoms with Gasteiger partial charge in [0.05, 0.1) is 13.2 Å². The van der Waals surface area contributed by atoms with Crippen LogP contribution in [-0.4, -0.2) is 26.3 Å². The Morgan fingerprint density at radius 1 is 1.12 bits per heavy atom. The van der Waals surface area contributed by atoms with Gasteiger partial charge in [0.15, 0.2) is 4.98 Å². The fourth-order valence-electron chi connectivity index (χ4n) is 1.55. The first-order chi connectivity index (χ1) is 6.90. The molecule has 7 heteroatoms. The number of hydrogen-bond donors (Lipinski definition) is 0. The van der Waals surface area contributed by atoms with Crippen molar-refractivity contribution >= 4 is 23.8 Å². The molecular formula is C10H13Cl2N3OZn. The largest absolute Gasteiger partial charge is 1.00 e. The Bertz CT molecular complexity index is 350. The van der Waals surface area contributed by atoms with Gasteiger partial charge in [-0.2, -0.15) is 0 Å². The van der Waals surface area contributed by atoms with Crippen LogP contribution in [0.3, 0.4) is 0 Å². The Morgan fingerprint density at radius 3 is 2.12 bits per heavy atom. The minimum atomic E-state index is 0. The summed E-state index contributed by atoms with van der Waals surface area (Å²) in [6.07, 6.45) is 0. The summed E-state index contributed by atoms with van der Waals surface area (Å²) in [6.45, 7) is 3.42. The van der Waals surface area contributed by atoms with Crippen molar-refractivity contribution in [3.63, 3.8) is 0 Å². The number of benzene rings is 1. The molecule has 0 radical (unpaired) electrons. The monoisotopic (exact) mass is 325 g/mol. The molecule has 1 heterocycles. The third-order valence-electron chi connectivity index (χ3n) is 2.34. The topological polar surface area (TPSA) is 40.6 Å². The van der Waals surface area contributed by atoms with E-state index in [1.54, 1.807) is 12.1 Å². The standard InChI is InChI=1S/C10H12N3O.2ClH.Zn/c11-12-9-1-3-10(4-2-9)13-5-7-14-8-6-13;;;/h1-4H,5-8H2;2*1H;/q+1;;;/p-1. The van der Waals surface area contributed by atoms with Gasteiger partial charge in [0.2, 0.25) is 5.39 Å². The Labute approximate surface area is 126 Å². The molecule has 0 spiro atoms. The van der Waals surface area contributed by atoms with Crippen LogP contribution in [0, 0.1) is 5.39 Å². The van der Waals surface area contributed by atoms with E-state index < -0.39 is 0 Å². The van der Waals surface area contributed by atoms with Crippen molar-refractivity contribution in [3.05, 3.63) is 29.2 Å². The fraction of sp³-hybridized carbons (Fsp3) is 0.400. The van der Waals surface area contributed by atoms with E-state index in [0.717, 1.165) is 32.0 Å². The van der Waals surface area contributed by atoms with Crippen molar-refractivity contribution < 1.29 is 36.6 Å². The SMILES string of the molecule is Cl.N#[N+]c1ccc(N2CCOCC2)cc1.[Cl-].[Zn]. The summed E-state index contributed by atoms with van der Waals surface area (Å²) >= 11 is 0. The van der Waals surface area contributed by atoms with Gasteiger partial charge < -0.3 is 22.0 Å². The van der Waals surface area contributed by atoms with Crippen molar-refractivity contribution in [2.24, 2.45) is 0 Å². The summed E-state index contributed by atoms with van der Waals surface area (Å²) in [7, 11) is 0. The van der Waals surface area contributed by atoms with Crippen LogP contribution in [0.5, 0.6) is 0 Å². The van der Waals surface area contributed by atoms with Gasteiger partial charge in [-0.3, -0.25) is 0 Å². The van der Waals surface area contributed by atoms with E-state index in [4.69, 9.17) is 10.1 Å². The summed E-state index contributed by atoms with van der Waals surface area (Å²) < 4.78 is 5.27. The van der Waals surface area contributed by atoms with Crippen LogP contribution in [0.15, 0.2) is 24.3 Å². The molecule has 1 saturated heterocycles. The molecule has 1 fully saturated rings. The number of morpholine rings is 1. The number of anilines is 1. The normalized spacial score (nSPS) is 13.5. The smallest absolute Gasteiger partial charge is 0.385 e. The van der Waals surface area contributed by atoms with Crippen LogP contribution in [0.4, 0.5) is 11.4 Å². The van der Waals surface area contributed by atoms with Crippen molar-refractivity contribution in [2.75, 3.05) is 31.2 Å². The zero-order valence-electron chi connectivity index (χ0n) is 9.38. The van der Waals surface area contributed by atoms with Gasteiger partial charge >= 0.3 is 5.69 Å². The van der Waals surface area contributed by atoms with Gasteiger partial charge in [-0.15, -0.1) is 12.4 Å². The second-order valence-corrected chi connectivity index (χ2v) is 3.22. The molecule has 0 atom stereocenters. The van der Waals surface area contributed by atoms with Crippen LogP contribution < -0.4 is 17.3 Å². The first-order valence-electron chi connectivity index (χ1n) is 4.68. The average molecular weight is 328 g/mol. The van der Waals surface area contributed by atoms with Crippen LogP contribution >= 0.6 is 12.4 Å². The Balaban J connectivity index is 0. The third kappa shape index (κ3) is 5.18. The van der Waals surface area contributed by atoms with Gasteiger partial charge in [0.1, 0.15) is 0 Å². The summed E-state index contributed by atoms with van der Waals surface area (Å²) in [6, 6.07) is 7.51. The second kappa shape index (κ2) is 9.61. The van der Waals surface area contributed by atoms with Crippen molar-refractivity contribution in [1.29, 1.82) is 5.39 Å². The Morgan fingerprint density at radius 2 is 1.65 bits per heavy atom. The molecule has 1 aromatic rings. The maximum absolute atomic E-state index is 8.53. The van der Waals surface area contributed by atoms with E-state index in [9.17, 15) is 0 Å². The number of diazo groups is 1. The molecular weight excluding hydrogens is 314 g/mol. The molecule has 0 aromatic heterocycles. The van der Waals surface area contributed by atoms with Gasteiger partial charge in [-0.05, 0) is 12.1 Å². The molecule has 4 nitrogen and oxygen atoms in total. The molecule has 0 saturated carbocycles. The minimum Gasteiger partial charge on any atom is -1.00 e. The van der Waals surface area contributed by atoms with Gasteiger partial charge in [-0.25, -0.2) is 0 Å². The Kier molecular flexibility index (Phi) is 10.7. The number of ether oxygens (including phenoxy) is 1. The number of halogens is 2. The molecule has 0 N–H and O–H groups in total. The molecule has 17 heavy (non-hydrogen) atoms. The van der Waals surface area contributed by atoms with E-state index in [-0.39, 0.29) is 44.3 Å². The molecule has 90 valence electrons. The summed E-state index contributed by atoms with van der Waals surface area (Å²) in [4.78, 5) is 5.37. The zero-order chi connectivity index (χ0) is 9.80. The van der Waals surface area contributed by atoms with Crippen molar-refractivity contribution in [1.82, 2.24) is 0 Å². The predicted molar refractivity (Wildman–Crippen MR) is 61.5 cm³/mol. The molecule has 0 unspecified atom stereocenters. The molecule has 2 rings (SSSR count).